The van der Waals surface area contributed by atoms with Gasteiger partial charge in [-0.1, -0.05) is 18.2 Å². The molecule has 0 bridgehead atoms. The molecule has 3 N–H and O–H groups in total. The maximum Gasteiger partial charge on any atom is 0.191 e. The summed E-state index contributed by atoms with van der Waals surface area (Å²) in [4.78, 5) is 10.7. The Balaban J connectivity index is 0.00000300. The second-order valence-electron chi connectivity index (χ2n) is 7.53. The Hall–Kier alpha value is -1.32. The van der Waals surface area contributed by atoms with Crippen LogP contribution in [0.5, 0.6) is 0 Å². The first-order valence-electron chi connectivity index (χ1n) is 10.6. The molecule has 1 aliphatic heterocycles. The van der Waals surface area contributed by atoms with E-state index in [2.05, 4.69) is 57.9 Å². The van der Waals surface area contributed by atoms with E-state index in [0.29, 0.717) is 5.92 Å². The number of likely N-dealkylation sites (tertiary alicyclic amines) is 1. The van der Waals surface area contributed by atoms with Crippen molar-refractivity contribution >= 4 is 40.8 Å². The van der Waals surface area contributed by atoms with Crippen molar-refractivity contribution in [2.24, 2.45) is 10.9 Å². The molecule has 0 spiro atoms. The van der Waals surface area contributed by atoms with Gasteiger partial charge in [0.25, 0.3) is 0 Å². The van der Waals surface area contributed by atoms with Crippen LogP contribution in [-0.2, 0) is 11.2 Å². The highest BCUT2D eigenvalue weighted by atomic mass is 127. The minimum Gasteiger partial charge on any atom is -0.383 e. The summed E-state index contributed by atoms with van der Waals surface area (Å²) in [7, 11) is 1.77. The smallest absolute Gasteiger partial charge is 0.191 e. The fourth-order valence-electron chi connectivity index (χ4n) is 3.83. The Morgan fingerprint density at radius 3 is 2.79 bits per heavy atom. The first-order chi connectivity index (χ1) is 13.8. The van der Waals surface area contributed by atoms with Crippen LogP contribution in [-0.4, -0.2) is 68.8 Å². The van der Waals surface area contributed by atoms with Gasteiger partial charge in [-0.3, -0.25) is 4.99 Å². The Bertz CT molecular complexity index is 740. The third-order valence-corrected chi connectivity index (χ3v) is 5.53. The summed E-state index contributed by atoms with van der Waals surface area (Å²) in [5.74, 6) is 1.62. The van der Waals surface area contributed by atoms with Crippen molar-refractivity contribution in [2.75, 3.05) is 53.0 Å². The first kappa shape index (κ1) is 24.0. The van der Waals surface area contributed by atoms with E-state index >= 15 is 0 Å². The molecular formula is C22H36IN5O. The highest BCUT2D eigenvalue weighted by molar-refractivity contribution is 14.0. The van der Waals surface area contributed by atoms with E-state index in [1.807, 2.05) is 0 Å². The summed E-state index contributed by atoms with van der Waals surface area (Å²) in [5.41, 5.74) is 2.55. The molecule has 1 saturated heterocycles. The van der Waals surface area contributed by atoms with Gasteiger partial charge in [0.1, 0.15) is 0 Å². The minimum atomic E-state index is 0. The van der Waals surface area contributed by atoms with Crippen molar-refractivity contribution in [1.82, 2.24) is 20.5 Å². The number of guanidine groups is 1. The van der Waals surface area contributed by atoms with Crippen LogP contribution in [0.25, 0.3) is 10.9 Å². The Labute approximate surface area is 191 Å². The molecule has 0 unspecified atom stereocenters. The number of ether oxygens (including phenoxy) is 1. The lowest BCUT2D eigenvalue weighted by molar-refractivity contribution is 0.121. The van der Waals surface area contributed by atoms with Crippen molar-refractivity contribution < 1.29 is 4.74 Å². The molecule has 7 heteroatoms. The maximum atomic E-state index is 5.18. The van der Waals surface area contributed by atoms with E-state index in [1.165, 1.54) is 29.3 Å². The molecular weight excluding hydrogens is 477 g/mol. The van der Waals surface area contributed by atoms with Crippen molar-refractivity contribution in [2.45, 2.75) is 26.2 Å². The Morgan fingerprint density at radius 2 is 2.03 bits per heavy atom. The van der Waals surface area contributed by atoms with E-state index in [-0.39, 0.29) is 24.0 Å². The number of hydrogen-bond acceptors (Lipinski definition) is 3. The number of rotatable bonds is 9. The van der Waals surface area contributed by atoms with Gasteiger partial charge >= 0.3 is 0 Å². The molecule has 0 atom stereocenters. The predicted octanol–water partition coefficient (Wildman–Crippen LogP) is 3.24. The summed E-state index contributed by atoms with van der Waals surface area (Å²) < 4.78 is 5.18. The largest absolute Gasteiger partial charge is 0.383 e. The Kier molecular flexibility index (Phi) is 10.8. The number of fused-ring (bicyclic) bond motifs is 1. The Morgan fingerprint density at radius 1 is 1.24 bits per heavy atom. The average molecular weight is 513 g/mol. The molecule has 1 aromatic carbocycles. The van der Waals surface area contributed by atoms with Gasteiger partial charge in [-0.25, -0.2) is 0 Å². The molecule has 1 aromatic heterocycles. The number of aromatic amines is 1. The average Bonchev–Trinajstić information content (AvgIpc) is 3.14. The highest BCUT2D eigenvalue weighted by Crippen LogP contribution is 2.18. The number of halogens is 1. The second kappa shape index (κ2) is 13.1. The fraction of sp³-hybridized carbons (Fsp3) is 0.591. The van der Waals surface area contributed by atoms with Gasteiger partial charge in [0.05, 0.1) is 6.61 Å². The number of H-pyrrole nitrogens is 1. The van der Waals surface area contributed by atoms with Gasteiger partial charge in [-0.05, 0) is 56.8 Å². The maximum absolute atomic E-state index is 5.18. The number of nitrogens with zero attached hydrogens (tertiary/aromatic N) is 2. The summed E-state index contributed by atoms with van der Waals surface area (Å²) in [6, 6.07) is 8.47. The topological polar surface area (TPSA) is 64.7 Å². The fourth-order valence-corrected chi connectivity index (χ4v) is 3.83. The quantitative estimate of drug-likeness (QED) is 0.274. The minimum absolute atomic E-state index is 0. The molecule has 1 fully saturated rings. The summed E-state index contributed by atoms with van der Waals surface area (Å²) >= 11 is 0. The van der Waals surface area contributed by atoms with Gasteiger partial charge in [-0.2, -0.15) is 0 Å². The van der Waals surface area contributed by atoms with E-state index in [0.717, 1.165) is 58.3 Å². The SMILES string of the molecule is CCNC(=NCC1CCN(CCOC)CC1)NCCc1c[nH]c2ccccc12.I. The van der Waals surface area contributed by atoms with E-state index < -0.39 is 0 Å². The molecule has 2 aromatic rings. The molecule has 0 aliphatic carbocycles. The van der Waals surface area contributed by atoms with Crippen LogP contribution in [0.15, 0.2) is 35.5 Å². The first-order valence-corrected chi connectivity index (χ1v) is 10.6. The number of benzene rings is 1. The van der Waals surface area contributed by atoms with Gasteiger partial charge in [-0.15, -0.1) is 24.0 Å². The zero-order valence-electron chi connectivity index (χ0n) is 17.7. The molecule has 1 aliphatic rings. The molecule has 3 rings (SSSR count). The van der Waals surface area contributed by atoms with Gasteiger partial charge < -0.3 is 25.3 Å². The molecule has 6 nitrogen and oxygen atoms in total. The summed E-state index contributed by atoms with van der Waals surface area (Å²) in [6.45, 7) is 8.98. The summed E-state index contributed by atoms with van der Waals surface area (Å²) in [6.07, 6.45) is 5.55. The number of aromatic nitrogens is 1. The van der Waals surface area contributed by atoms with Crippen LogP contribution < -0.4 is 10.6 Å². The monoisotopic (exact) mass is 513 g/mol. The number of methoxy groups -OCH3 is 1. The summed E-state index contributed by atoms with van der Waals surface area (Å²) in [5, 5.41) is 8.19. The lowest BCUT2D eigenvalue weighted by atomic mass is 9.97. The molecule has 29 heavy (non-hydrogen) atoms. The van der Waals surface area contributed by atoms with Crippen molar-refractivity contribution in [3.63, 3.8) is 0 Å². The lowest BCUT2D eigenvalue weighted by Gasteiger charge is -2.31. The number of hydrogen-bond donors (Lipinski definition) is 3. The number of nitrogens with one attached hydrogen (secondary N) is 3. The van der Waals surface area contributed by atoms with E-state index in [9.17, 15) is 0 Å². The van der Waals surface area contributed by atoms with Crippen LogP contribution in [0.2, 0.25) is 0 Å². The molecule has 162 valence electrons. The third kappa shape index (κ3) is 7.46. The van der Waals surface area contributed by atoms with Gasteiger partial charge in [0.2, 0.25) is 0 Å². The van der Waals surface area contributed by atoms with Crippen LogP contribution >= 0.6 is 24.0 Å². The molecule has 2 heterocycles. The van der Waals surface area contributed by atoms with Crippen molar-refractivity contribution in [1.29, 1.82) is 0 Å². The molecule has 0 radical (unpaired) electrons. The highest BCUT2D eigenvalue weighted by Gasteiger charge is 2.18. The van der Waals surface area contributed by atoms with E-state index in [1.54, 1.807) is 7.11 Å². The van der Waals surface area contributed by atoms with Gasteiger partial charge in [0.15, 0.2) is 5.96 Å². The van der Waals surface area contributed by atoms with Crippen LogP contribution in [0.1, 0.15) is 25.3 Å². The van der Waals surface area contributed by atoms with Crippen LogP contribution in [0.4, 0.5) is 0 Å². The van der Waals surface area contributed by atoms with E-state index in [4.69, 9.17) is 9.73 Å². The zero-order valence-corrected chi connectivity index (χ0v) is 20.1. The molecule has 0 saturated carbocycles. The standard InChI is InChI=1S/C22H35N5O.HI/c1-3-23-22(26-16-18-9-12-27(13-10-18)14-15-28-2)24-11-8-19-17-25-21-7-5-4-6-20(19)21;/h4-7,17-18,25H,3,8-16H2,1-2H3,(H2,23,24,26);1H. The molecule has 0 amide bonds. The van der Waals surface area contributed by atoms with Crippen LogP contribution in [0, 0.1) is 5.92 Å². The zero-order chi connectivity index (χ0) is 19.6. The third-order valence-electron chi connectivity index (χ3n) is 5.53. The second-order valence-corrected chi connectivity index (χ2v) is 7.53. The van der Waals surface area contributed by atoms with Crippen LogP contribution in [0.3, 0.4) is 0 Å². The number of aliphatic imine (C=N–C) groups is 1. The van der Waals surface area contributed by atoms with Crippen molar-refractivity contribution in [3.8, 4) is 0 Å². The number of piperidine rings is 1. The van der Waals surface area contributed by atoms with Gasteiger partial charge in [0, 0.05) is 50.4 Å². The number of para-hydroxylation sites is 1. The normalized spacial score (nSPS) is 16.0. The predicted molar refractivity (Wildman–Crippen MR) is 132 cm³/mol. The van der Waals surface area contributed by atoms with Crippen molar-refractivity contribution in [3.05, 3.63) is 36.0 Å². The lowest BCUT2D eigenvalue weighted by Crippen LogP contribution is -2.40.